The van der Waals surface area contributed by atoms with E-state index >= 15 is 0 Å². The molecule has 25 heteroatoms. The first-order valence-corrected chi connectivity index (χ1v) is 21.5. The van der Waals surface area contributed by atoms with Crippen LogP contribution in [0.2, 0.25) is 0 Å². The zero-order valence-electron chi connectivity index (χ0n) is 32.8. The highest BCUT2D eigenvalue weighted by Crippen LogP contribution is 2.33. The molecule has 6 aromatic rings. The number of aryl methyl sites for hydroxylation is 3. The van der Waals surface area contributed by atoms with E-state index in [0.29, 0.717) is 47.1 Å². The van der Waals surface area contributed by atoms with Crippen LogP contribution in [0, 0.1) is 20.8 Å². The molecular weight excluding hydrogens is 851 g/mol. The molecule has 0 aliphatic carbocycles. The van der Waals surface area contributed by atoms with Crippen molar-refractivity contribution < 1.29 is 34.6 Å². The summed E-state index contributed by atoms with van der Waals surface area (Å²) in [7, 11) is 0. The molecule has 7 N–H and O–H groups in total. The van der Waals surface area contributed by atoms with Gasteiger partial charge in [-0.05, 0) is 33.6 Å². The van der Waals surface area contributed by atoms with E-state index in [9.17, 15) is 44.1 Å². The lowest BCUT2D eigenvalue weighted by Crippen LogP contribution is -2.27. The number of thiazole rings is 3. The summed E-state index contributed by atoms with van der Waals surface area (Å²) < 4.78 is 21.6. The van der Waals surface area contributed by atoms with Crippen LogP contribution in [0.25, 0.3) is 31.0 Å². The second-order valence-corrected chi connectivity index (χ2v) is 17.3. The fourth-order valence-corrected chi connectivity index (χ4v) is 9.91. The van der Waals surface area contributed by atoms with E-state index in [1.165, 1.54) is 13.7 Å². The van der Waals surface area contributed by atoms with E-state index in [2.05, 4.69) is 29.9 Å². The molecule has 3 aliphatic heterocycles. The van der Waals surface area contributed by atoms with Crippen LogP contribution in [0.1, 0.15) is 82.1 Å². The number of aliphatic hydroxyl groups excluding tert-OH is 4. The largest absolute Gasteiger partial charge is 0.394 e. The smallest absolute Gasteiger partial charge is 0.311 e. The molecule has 3 fully saturated rings. The minimum atomic E-state index is -0.852. The first-order valence-electron chi connectivity index (χ1n) is 19.0. The van der Waals surface area contributed by atoms with E-state index in [0.717, 1.165) is 40.4 Å². The Hall–Kier alpha value is -4.57. The molecule has 0 aromatic carbocycles. The van der Waals surface area contributed by atoms with Gasteiger partial charge < -0.3 is 49.6 Å². The molecule has 0 bridgehead atoms. The van der Waals surface area contributed by atoms with Crippen molar-refractivity contribution in [1.29, 1.82) is 0 Å². The molecule has 60 heavy (non-hydrogen) atoms. The summed E-state index contributed by atoms with van der Waals surface area (Å²) in [5.41, 5.74) is -0.174. The Balaban J connectivity index is 0.000000136. The third-order valence-electron chi connectivity index (χ3n) is 10.2. The molecule has 0 saturated carbocycles. The standard InChI is InChI=1S/2C12H15N3O4S.C11H13N3O5S/c1-3-7-6(16)4-8(19-7)15-10-9(20-12(15)18)11(17)14-5(2)13-10;1-3-6-4-7(16)11(19-6)15-9-8(20-12(15)18)10(17)14-5(2)13-9;1-4-12-9-8(10(17)13-4)20-11(18)14(9)7-2-5(16)6(3-15)19-7/h6-8,16H,3-4H2,1-2H3,(H,13,14,17);6-7,11,16H,3-4H2,1-2H3,(H,13,14,17);5-7,15-16H,2-3H2,1H3,(H,12,13,17)/t6-,7+,8+;6-,7-,11-;5-,6+,7+/m010/s1. The zero-order valence-corrected chi connectivity index (χ0v) is 35.3. The Labute approximate surface area is 348 Å². The van der Waals surface area contributed by atoms with Gasteiger partial charge in [-0.25, -0.2) is 15.0 Å². The van der Waals surface area contributed by atoms with Crippen LogP contribution in [0.3, 0.4) is 0 Å². The van der Waals surface area contributed by atoms with Crippen molar-refractivity contribution in [3.8, 4) is 0 Å². The zero-order chi connectivity index (χ0) is 43.3. The second-order valence-electron chi connectivity index (χ2n) is 14.4. The van der Waals surface area contributed by atoms with Crippen LogP contribution in [0.15, 0.2) is 28.8 Å². The number of fused-ring (bicyclic) bond motifs is 3. The van der Waals surface area contributed by atoms with Gasteiger partial charge in [0.2, 0.25) is 0 Å². The molecule has 9 atom stereocenters. The Morgan fingerprint density at radius 3 is 1.35 bits per heavy atom. The highest BCUT2D eigenvalue weighted by atomic mass is 32.1. The number of aliphatic hydroxyl groups is 4. The lowest BCUT2D eigenvalue weighted by atomic mass is 10.1. The summed E-state index contributed by atoms with van der Waals surface area (Å²) in [6.45, 7) is 8.47. The van der Waals surface area contributed by atoms with E-state index in [1.54, 1.807) is 20.8 Å². The maximum Gasteiger partial charge on any atom is 0.311 e. The molecule has 0 spiro atoms. The van der Waals surface area contributed by atoms with Gasteiger partial charge >= 0.3 is 14.6 Å². The first kappa shape index (κ1) is 43.5. The van der Waals surface area contributed by atoms with Gasteiger partial charge in [-0.15, -0.1) is 0 Å². The van der Waals surface area contributed by atoms with Crippen molar-refractivity contribution in [2.24, 2.45) is 0 Å². The Morgan fingerprint density at radius 1 is 0.583 bits per heavy atom. The number of rotatable bonds is 6. The molecular formula is C35H43N9O13S3. The summed E-state index contributed by atoms with van der Waals surface area (Å²) in [5.74, 6) is 1.26. The molecule has 9 heterocycles. The molecule has 0 amide bonds. The van der Waals surface area contributed by atoms with Gasteiger partial charge in [-0.3, -0.25) is 42.5 Å². The van der Waals surface area contributed by atoms with Gasteiger partial charge in [0.15, 0.2) is 23.2 Å². The van der Waals surface area contributed by atoms with Crippen molar-refractivity contribution >= 4 is 65.1 Å². The summed E-state index contributed by atoms with van der Waals surface area (Å²) in [5, 5.41) is 38.8. The Morgan fingerprint density at radius 2 is 0.983 bits per heavy atom. The number of ether oxygens (including phenoxy) is 3. The van der Waals surface area contributed by atoms with Crippen molar-refractivity contribution in [3.63, 3.8) is 0 Å². The lowest BCUT2D eigenvalue weighted by molar-refractivity contribution is -0.0437. The third-order valence-corrected chi connectivity index (χ3v) is 13.0. The highest BCUT2D eigenvalue weighted by Gasteiger charge is 2.39. The molecule has 3 aliphatic rings. The SMILES string of the molecule is CC[C@@H]1C[C@@H](O)[C@H](n2c(=O)sc3c(=O)[nH]c(C)nc32)O1.CC[C@H]1O[C@@H](n2c(=O)sc3c(=O)[nH]c(C)nc32)C[C@@H]1O.Cc1nc2c(sc(=O)n2[C@H]2C[C@H](O)[C@@H](CO)O2)c(=O)[nH]1. The van der Waals surface area contributed by atoms with Gasteiger partial charge in [0.25, 0.3) is 16.7 Å². The van der Waals surface area contributed by atoms with Crippen molar-refractivity contribution in [1.82, 2.24) is 43.6 Å². The number of nitrogens with one attached hydrogen (secondary N) is 3. The van der Waals surface area contributed by atoms with Gasteiger partial charge in [0, 0.05) is 19.3 Å². The molecule has 324 valence electrons. The van der Waals surface area contributed by atoms with E-state index in [1.807, 2.05) is 13.8 Å². The van der Waals surface area contributed by atoms with Crippen molar-refractivity contribution in [2.75, 3.05) is 6.61 Å². The van der Waals surface area contributed by atoms with Crippen molar-refractivity contribution in [2.45, 2.75) is 122 Å². The van der Waals surface area contributed by atoms with Crippen LogP contribution in [-0.2, 0) is 14.2 Å². The summed E-state index contributed by atoms with van der Waals surface area (Å²) >= 11 is 2.46. The van der Waals surface area contributed by atoms with Gasteiger partial charge in [-0.1, -0.05) is 47.9 Å². The molecule has 9 rings (SSSR count). The maximum absolute atomic E-state index is 12.1. The fraction of sp³-hybridized carbons (Fsp3) is 0.571. The monoisotopic (exact) mass is 893 g/mol. The Bertz CT molecular complexity index is 2780. The topological polar surface area (TPSA) is 312 Å². The van der Waals surface area contributed by atoms with Crippen LogP contribution >= 0.6 is 34.0 Å². The summed E-state index contributed by atoms with van der Waals surface area (Å²) in [4.78, 5) is 91.1. The number of hydrogen-bond donors (Lipinski definition) is 7. The molecule has 6 aromatic heterocycles. The maximum atomic E-state index is 12.1. The average Bonchev–Trinajstić information content (AvgIpc) is 4.03. The summed E-state index contributed by atoms with van der Waals surface area (Å²) in [6, 6.07) is 0. The number of nitrogens with zero attached hydrogens (tertiary/aromatic N) is 6. The number of hydrogen-bond acceptors (Lipinski definition) is 19. The van der Waals surface area contributed by atoms with Crippen molar-refractivity contribution in [3.05, 3.63) is 77.5 Å². The van der Waals surface area contributed by atoms with E-state index in [-0.39, 0.29) is 77.2 Å². The highest BCUT2D eigenvalue weighted by molar-refractivity contribution is 7.16. The quantitative estimate of drug-likeness (QED) is 0.117. The van der Waals surface area contributed by atoms with E-state index in [4.69, 9.17) is 19.3 Å². The number of aromatic nitrogens is 9. The molecule has 22 nitrogen and oxygen atoms in total. The van der Waals surface area contributed by atoms with Crippen LogP contribution < -0.4 is 31.3 Å². The number of H-pyrrole nitrogens is 3. The summed E-state index contributed by atoms with van der Waals surface area (Å²) in [6.07, 6.45) is -2.97. The Kier molecular flexibility index (Phi) is 12.6. The minimum Gasteiger partial charge on any atom is -0.394 e. The normalized spacial score (nSPS) is 26.4. The third kappa shape index (κ3) is 8.25. The number of aromatic amines is 3. The average molecular weight is 894 g/mol. The van der Waals surface area contributed by atoms with Crippen LogP contribution in [0.4, 0.5) is 0 Å². The van der Waals surface area contributed by atoms with E-state index < -0.39 is 43.1 Å². The predicted octanol–water partition coefficient (Wildman–Crippen LogP) is 0.122. The van der Waals surface area contributed by atoms with Crippen LogP contribution in [0.5, 0.6) is 0 Å². The molecule has 3 saturated heterocycles. The molecule has 0 unspecified atom stereocenters. The second kappa shape index (κ2) is 17.4. The van der Waals surface area contributed by atoms with Gasteiger partial charge in [0.1, 0.15) is 56.2 Å². The lowest BCUT2D eigenvalue weighted by Gasteiger charge is -2.15. The predicted molar refractivity (Wildman–Crippen MR) is 219 cm³/mol. The van der Waals surface area contributed by atoms with Crippen LogP contribution in [-0.4, -0.2) is 107 Å². The van der Waals surface area contributed by atoms with Gasteiger partial charge in [-0.2, -0.15) is 0 Å². The van der Waals surface area contributed by atoms with Gasteiger partial charge in [0.05, 0.1) is 31.0 Å². The molecule has 0 radical (unpaired) electrons. The first-order chi connectivity index (χ1) is 28.5. The fourth-order valence-electron chi connectivity index (χ4n) is 7.35. The minimum absolute atomic E-state index is 0.0834.